The molecule has 0 aliphatic carbocycles. The van der Waals surface area contributed by atoms with Crippen molar-refractivity contribution in [3.05, 3.63) is 46.9 Å². The molecule has 0 saturated carbocycles. The third-order valence-electron chi connectivity index (χ3n) is 3.06. The summed E-state index contributed by atoms with van der Waals surface area (Å²) in [5, 5.41) is 0.445. The Balaban J connectivity index is 2.13. The molecule has 3 aromatic rings. The van der Waals surface area contributed by atoms with E-state index >= 15 is 0 Å². The van der Waals surface area contributed by atoms with Crippen LogP contribution in [0.1, 0.15) is 29.8 Å². The molecule has 20 heavy (non-hydrogen) atoms. The van der Waals surface area contributed by atoms with Gasteiger partial charge in [0.1, 0.15) is 18.1 Å². The molecule has 0 bridgehead atoms. The normalized spacial score (nSPS) is 13.0. The Morgan fingerprint density at radius 1 is 1.40 bits per heavy atom. The number of oxazole rings is 1. The quantitative estimate of drug-likeness (QED) is 0.676. The Morgan fingerprint density at radius 3 is 2.85 bits per heavy atom. The number of nitrogens with zero attached hydrogens (tertiary/aromatic N) is 3. The van der Waals surface area contributed by atoms with E-state index in [1.54, 1.807) is 6.20 Å². The summed E-state index contributed by atoms with van der Waals surface area (Å²) in [6.45, 7) is 4.26. The fourth-order valence-corrected chi connectivity index (χ4v) is 2.53. The van der Waals surface area contributed by atoms with Gasteiger partial charge in [0.15, 0.2) is 0 Å². The number of benzene rings is 1. The van der Waals surface area contributed by atoms with E-state index < -0.39 is 0 Å². The standard InChI is InChI=1S/C14H13Cl2N3O/c1-8-6-17-13(20-8)7-19-12-4-3-10(16)5-11(12)18-14(19)9(2)15/h3-6,9H,7H2,1-2H3. The number of fused-ring (bicyclic) bond motifs is 1. The van der Waals surface area contributed by atoms with Gasteiger partial charge in [0.2, 0.25) is 5.89 Å². The minimum absolute atomic E-state index is 0.211. The number of rotatable bonds is 3. The summed E-state index contributed by atoms with van der Waals surface area (Å²) in [5.41, 5.74) is 1.79. The molecule has 1 unspecified atom stereocenters. The highest BCUT2D eigenvalue weighted by molar-refractivity contribution is 6.31. The first kappa shape index (κ1) is 13.5. The van der Waals surface area contributed by atoms with E-state index in [0.717, 1.165) is 22.6 Å². The molecule has 0 saturated heterocycles. The Kier molecular flexibility index (Phi) is 3.44. The van der Waals surface area contributed by atoms with Gasteiger partial charge in [-0.05, 0) is 32.0 Å². The lowest BCUT2D eigenvalue weighted by atomic mass is 10.3. The van der Waals surface area contributed by atoms with E-state index in [0.29, 0.717) is 17.5 Å². The van der Waals surface area contributed by atoms with Gasteiger partial charge in [-0.1, -0.05) is 11.6 Å². The largest absolute Gasteiger partial charge is 0.444 e. The molecule has 104 valence electrons. The minimum Gasteiger partial charge on any atom is -0.444 e. The van der Waals surface area contributed by atoms with Crippen LogP contribution in [-0.2, 0) is 6.54 Å². The van der Waals surface area contributed by atoms with E-state index in [9.17, 15) is 0 Å². The maximum absolute atomic E-state index is 6.22. The van der Waals surface area contributed by atoms with Crippen molar-refractivity contribution in [2.45, 2.75) is 25.8 Å². The molecule has 1 aromatic carbocycles. The van der Waals surface area contributed by atoms with Gasteiger partial charge >= 0.3 is 0 Å². The lowest BCUT2D eigenvalue weighted by molar-refractivity contribution is 0.456. The molecule has 2 heterocycles. The van der Waals surface area contributed by atoms with E-state index in [4.69, 9.17) is 27.6 Å². The maximum atomic E-state index is 6.22. The first-order valence-corrected chi connectivity index (χ1v) is 7.07. The molecule has 0 spiro atoms. The number of halogens is 2. The second-order valence-corrected chi connectivity index (χ2v) is 5.76. The topological polar surface area (TPSA) is 43.9 Å². The van der Waals surface area contributed by atoms with Gasteiger partial charge in [-0.15, -0.1) is 11.6 Å². The molecule has 0 fully saturated rings. The van der Waals surface area contributed by atoms with Crippen LogP contribution in [0.5, 0.6) is 0 Å². The van der Waals surface area contributed by atoms with Crippen molar-refractivity contribution < 1.29 is 4.42 Å². The highest BCUT2D eigenvalue weighted by Gasteiger charge is 2.16. The van der Waals surface area contributed by atoms with Crippen molar-refractivity contribution in [3.63, 3.8) is 0 Å². The SMILES string of the molecule is Cc1cnc(Cn2c(C(C)Cl)nc3cc(Cl)ccc32)o1. The van der Waals surface area contributed by atoms with Crippen LogP contribution in [0.4, 0.5) is 0 Å². The van der Waals surface area contributed by atoms with E-state index in [1.807, 2.05) is 36.6 Å². The van der Waals surface area contributed by atoms with Crippen LogP contribution in [0, 0.1) is 6.92 Å². The highest BCUT2D eigenvalue weighted by Crippen LogP contribution is 2.27. The summed E-state index contributed by atoms with van der Waals surface area (Å²) in [6.07, 6.45) is 1.70. The van der Waals surface area contributed by atoms with Crippen LogP contribution >= 0.6 is 23.2 Å². The van der Waals surface area contributed by atoms with Crippen LogP contribution in [0.3, 0.4) is 0 Å². The Labute approximate surface area is 126 Å². The number of aromatic nitrogens is 3. The van der Waals surface area contributed by atoms with Gasteiger partial charge in [-0.2, -0.15) is 0 Å². The van der Waals surface area contributed by atoms with Crippen LogP contribution in [0.15, 0.2) is 28.8 Å². The molecular formula is C14H13Cl2N3O. The average molecular weight is 310 g/mol. The zero-order valence-electron chi connectivity index (χ0n) is 11.1. The van der Waals surface area contributed by atoms with Crippen molar-refractivity contribution in [1.29, 1.82) is 0 Å². The second kappa shape index (κ2) is 5.11. The predicted octanol–water partition coefficient (Wildman–Crippen LogP) is 4.33. The Bertz CT molecular complexity index is 761. The first-order chi connectivity index (χ1) is 9.54. The van der Waals surface area contributed by atoms with E-state index in [1.165, 1.54) is 0 Å². The minimum atomic E-state index is -0.211. The zero-order valence-corrected chi connectivity index (χ0v) is 12.6. The summed E-state index contributed by atoms with van der Waals surface area (Å²) in [5.74, 6) is 2.20. The fraction of sp³-hybridized carbons (Fsp3) is 0.286. The van der Waals surface area contributed by atoms with E-state index in [-0.39, 0.29) is 5.38 Å². The number of hydrogen-bond acceptors (Lipinski definition) is 3. The molecule has 4 nitrogen and oxygen atoms in total. The summed E-state index contributed by atoms with van der Waals surface area (Å²) in [4.78, 5) is 8.78. The van der Waals surface area contributed by atoms with Gasteiger partial charge in [-0.25, -0.2) is 9.97 Å². The maximum Gasteiger partial charge on any atom is 0.214 e. The first-order valence-electron chi connectivity index (χ1n) is 6.25. The molecule has 0 aliphatic rings. The average Bonchev–Trinajstić information content (AvgIpc) is 2.94. The van der Waals surface area contributed by atoms with Crippen molar-refractivity contribution >= 4 is 34.2 Å². The molecule has 0 aliphatic heterocycles. The number of alkyl halides is 1. The lowest BCUT2D eigenvalue weighted by Gasteiger charge is -2.08. The van der Waals surface area contributed by atoms with Crippen LogP contribution in [0.2, 0.25) is 5.02 Å². The molecule has 3 rings (SSSR count). The molecule has 1 atom stereocenters. The zero-order chi connectivity index (χ0) is 14.3. The van der Waals surface area contributed by atoms with Crippen molar-refractivity contribution in [1.82, 2.24) is 14.5 Å². The molecule has 6 heteroatoms. The molecule has 0 amide bonds. The molecule has 2 aromatic heterocycles. The third-order valence-corrected chi connectivity index (χ3v) is 3.49. The predicted molar refractivity (Wildman–Crippen MR) is 79.4 cm³/mol. The fourth-order valence-electron chi connectivity index (χ4n) is 2.20. The van der Waals surface area contributed by atoms with Gasteiger partial charge in [0.25, 0.3) is 0 Å². The Morgan fingerprint density at radius 2 is 2.20 bits per heavy atom. The van der Waals surface area contributed by atoms with Gasteiger partial charge < -0.3 is 8.98 Å². The van der Waals surface area contributed by atoms with Gasteiger partial charge in [0.05, 0.1) is 22.6 Å². The monoisotopic (exact) mass is 309 g/mol. The van der Waals surface area contributed by atoms with Gasteiger partial charge in [-0.3, -0.25) is 0 Å². The van der Waals surface area contributed by atoms with Crippen LogP contribution in [0.25, 0.3) is 11.0 Å². The number of imidazole rings is 1. The number of hydrogen-bond donors (Lipinski definition) is 0. The molecule has 0 radical (unpaired) electrons. The summed E-state index contributed by atoms with van der Waals surface area (Å²) < 4.78 is 7.54. The smallest absolute Gasteiger partial charge is 0.214 e. The third kappa shape index (κ3) is 2.41. The molecular weight excluding hydrogens is 297 g/mol. The van der Waals surface area contributed by atoms with Crippen molar-refractivity contribution in [2.24, 2.45) is 0 Å². The Hall–Kier alpha value is -1.52. The van der Waals surface area contributed by atoms with Crippen molar-refractivity contribution in [3.8, 4) is 0 Å². The van der Waals surface area contributed by atoms with E-state index in [2.05, 4.69) is 9.97 Å². The molecule has 0 N–H and O–H groups in total. The highest BCUT2D eigenvalue weighted by atomic mass is 35.5. The number of aryl methyl sites for hydroxylation is 1. The second-order valence-electron chi connectivity index (χ2n) is 4.67. The summed E-state index contributed by atoms with van der Waals surface area (Å²) in [6, 6.07) is 5.60. The van der Waals surface area contributed by atoms with Crippen LogP contribution in [-0.4, -0.2) is 14.5 Å². The van der Waals surface area contributed by atoms with Crippen molar-refractivity contribution in [2.75, 3.05) is 0 Å². The lowest BCUT2D eigenvalue weighted by Crippen LogP contribution is -2.06. The summed E-state index contributed by atoms with van der Waals surface area (Å²) in [7, 11) is 0. The summed E-state index contributed by atoms with van der Waals surface area (Å²) >= 11 is 12.2. The van der Waals surface area contributed by atoms with Gasteiger partial charge in [0, 0.05) is 5.02 Å². The van der Waals surface area contributed by atoms with Crippen LogP contribution < -0.4 is 0 Å².